The summed E-state index contributed by atoms with van der Waals surface area (Å²) in [6.07, 6.45) is 11.6. The van der Waals surface area contributed by atoms with Crippen molar-refractivity contribution in [3.63, 3.8) is 0 Å². The molecule has 18 heavy (non-hydrogen) atoms. The number of thioether (sulfide) groups is 1. The molecule has 0 aromatic rings. The zero-order chi connectivity index (χ0) is 14.0. The number of hydrogen-bond donors (Lipinski definition) is 0. The van der Waals surface area contributed by atoms with E-state index in [4.69, 9.17) is 0 Å². The molecule has 0 nitrogen and oxygen atoms in total. The highest BCUT2D eigenvalue weighted by Crippen LogP contribution is 2.27. The highest BCUT2D eigenvalue weighted by Gasteiger charge is 2.10. The van der Waals surface area contributed by atoms with Crippen LogP contribution in [-0.4, -0.2) is 5.75 Å². The van der Waals surface area contributed by atoms with Gasteiger partial charge in [0.1, 0.15) is 0 Å². The van der Waals surface area contributed by atoms with Crippen LogP contribution >= 0.6 is 11.8 Å². The SMILES string of the molecule is C=C(/C=C\C(=C/C)SCC(C)(C)C)CCCCC. The number of unbranched alkanes of at least 4 members (excludes halogenated alkanes) is 2. The first-order valence-corrected chi connectivity index (χ1v) is 8.02. The summed E-state index contributed by atoms with van der Waals surface area (Å²) in [6, 6.07) is 0. The van der Waals surface area contributed by atoms with E-state index >= 15 is 0 Å². The molecule has 104 valence electrons. The number of hydrogen-bond acceptors (Lipinski definition) is 1. The normalized spacial score (nSPS) is 13.3. The molecule has 0 rings (SSSR count). The second-order valence-corrected chi connectivity index (χ2v) is 7.04. The smallest absolute Gasteiger partial charge is 0.00295 e. The molecule has 0 bridgehead atoms. The van der Waals surface area contributed by atoms with Crippen molar-refractivity contribution < 1.29 is 0 Å². The van der Waals surface area contributed by atoms with Crippen molar-refractivity contribution >= 4 is 11.8 Å². The molecule has 0 unspecified atom stereocenters. The summed E-state index contributed by atoms with van der Waals surface area (Å²) in [5.41, 5.74) is 1.63. The maximum absolute atomic E-state index is 4.12. The van der Waals surface area contributed by atoms with Gasteiger partial charge in [-0.3, -0.25) is 0 Å². The Morgan fingerprint density at radius 1 is 1.17 bits per heavy atom. The van der Waals surface area contributed by atoms with Crippen LogP contribution in [0.3, 0.4) is 0 Å². The molecule has 0 saturated heterocycles. The lowest BCUT2D eigenvalue weighted by molar-refractivity contribution is 0.481. The minimum Gasteiger partial charge on any atom is -0.126 e. The Kier molecular flexibility index (Phi) is 9.27. The van der Waals surface area contributed by atoms with Crippen molar-refractivity contribution in [2.75, 3.05) is 5.75 Å². The minimum absolute atomic E-state index is 0.380. The fourth-order valence-corrected chi connectivity index (χ4v) is 2.34. The molecule has 1 heteroatoms. The van der Waals surface area contributed by atoms with Gasteiger partial charge in [-0.05, 0) is 31.3 Å². The van der Waals surface area contributed by atoms with E-state index in [-0.39, 0.29) is 0 Å². The lowest BCUT2D eigenvalue weighted by Crippen LogP contribution is -2.08. The van der Waals surface area contributed by atoms with Crippen LogP contribution < -0.4 is 0 Å². The molecule has 0 aliphatic rings. The van der Waals surface area contributed by atoms with Crippen LogP contribution in [0.15, 0.2) is 35.3 Å². The first kappa shape index (κ1) is 17.6. The summed E-state index contributed by atoms with van der Waals surface area (Å²) in [7, 11) is 0. The Labute approximate surface area is 119 Å². The molecule has 0 aliphatic carbocycles. The van der Waals surface area contributed by atoms with E-state index < -0.39 is 0 Å². The van der Waals surface area contributed by atoms with E-state index in [1.165, 1.54) is 29.7 Å². The third-order valence-electron chi connectivity index (χ3n) is 2.54. The van der Waals surface area contributed by atoms with Crippen LogP contribution in [-0.2, 0) is 0 Å². The Morgan fingerprint density at radius 3 is 2.33 bits per heavy atom. The van der Waals surface area contributed by atoms with Crippen LogP contribution in [0.2, 0.25) is 0 Å². The van der Waals surface area contributed by atoms with Gasteiger partial charge in [0.2, 0.25) is 0 Å². The maximum atomic E-state index is 4.12. The second kappa shape index (κ2) is 9.49. The Bertz CT molecular complexity index is 289. The highest BCUT2D eigenvalue weighted by molar-refractivity contribution is 8.03. The van der Waals surface area contributed by atoms with Crippen molar-refractivity contribution in [2.45, 2.75) is 60.3 Å². The average molecular weight is 266 g/mol. The Balaban J connectivity index is 4.09. The number of allylic oxidation sites excluding steroid dienone is 4. The van der Waals surface area contributed by atoms with E-state index in [0.29, 0.717) is 5.41 Å². The van der Waals surface area contributed by atoms with Crippen molar-refractivity contribution in [1.29, 1.82) is 0 Å². The van der Waals surface area contributed by atoms with Gasteiger partial charge in [0.05, 0.1) is 0 Å². The molecule has 0 saturated carbocycles. The Morgan fingerprint density at radius 2 is 1.83 bits per heavy atom. The van der Waals surface area contributed by atoms with Crippen LogP contribution in [0.25, 0.3) is 0 Å². The van der Waals surface area contributed by atoms with Crippen molar-refractivity contribution in [1.82, 2.24) is 0 Å². The van der Waals surface area contributed by atoms with Crippen molar-refractivity contribution in [2.24, 2.45) is 5.41 Å². The molecule has 0 aromatic carbocycles. The fraction of sp³-hybridized carbons (Fsp3) is 0.647. The molecule has 0 spiro atoms. The summed E-state index contributed by atoms with van der Waals surface area (Å²) >= 11 is 1.93. The van der Waals surface area contributed by atoms with E-state index in [2.05, 4.69) is 59.4 Å². The van der Waals surface area contributed by atoms with E-state index in [0.717, 1.165) is 12.2 Å². The third kappa shape index (κ3) is 10.7. The molecule has 0 heterocycles. The van der Waals surface area contributed by atoms with E-state index in [1.807, 2.05) is 11.8 Å². The van der Waals surface area contributed by atoms with Gasteiger partial charge >= 0.3 is 0 Å². The van der Waals surface area contributed by atoms with E-state index in [9.17, 15) is 0 Å². The van der Waals surface area contributed by atoms with Crippen molar-refractivity contribution in [3.8, 4) is 0 Å². The maximum Gasteiger partial charge on any atom is 0.00295 e. The first-order valence-electron chi connectivity index (χ1n) is 7.04. The second-order valence-electron chi connectivity index (χ2n) is 5.99. The van der Waals surface area contributed by atoms with Gasteiger partial charge in [-0.15, -0.1) is 11.8 Å². The third-order valence-corrected chi connectivity index (χ3v) is 4.26. The topological polar surface area (TPSA) is 0 Å². The predicted octanol–water partition coefficient (Wildman–Crippen LogP) is 6.36. The highest BCUT2D eigenvalue weighted by atomic mass is 32.2. The summed E-state index contributed by atoms with van der Waals surface area (Å²) in [5, 5.41) is 0. The summed E-state index contributed by atoms with van der Waals surface area (Å²) in [6.45, 7) is 15.3. The molecule has 0 fully saturated rings. The molecule has 0 atom stereocenters. The van der Waals surface area contributed by atoms with Crippen LogP contribution in [0.4, 0.5) is 0 Å². The largest absolute Gasteiger partial charge is 0.126 e. The number of rotatable bonds is 8. The van der Waals surface area contributed by atoms with Crippen LogP contribution in [0.5, 0.6) is 0 Å². The van der Waals surface area contributed by atoms with Gasteiger partial charge in [0.25, 0.3) is 0 Å². The molecule has 0 aliphatic heterocycles. The summed E-state index contributed by atoms with van der Waals surface area (Å²) in [4.78, 5) is 1.35. The van der Waals surface area contributed by atoms with Gasteiger partial charge in [-0.1, -0.05) is 64.8 Å². The van der Waals surface area contributed by atoms with Gasteiger partial charge in [0.15, 0.2) is 0 Å². The zero-order valence-corrected chi connectivity index (χ0v) is 13.7. The van der Waals surface area contributed by atoms with Gasteiger partial charge in [0, 0.05) is 10.7 Å². The zero-order valence-electron chi connectivity index (χ0n) is 12.9. The first-order chi connectivity index (χ1) is 8.39. The molecule has 0 amide bonds. The van der Waals surface area contributed by atoms with Gasteiger partial charge < -0.3 is 0 Å². The van der Waals surface area contributed by atoms with Gasteiger partial charge in [-0.25, -0.2) is 0 Å². The molecular weight excluding hydrogens is 236 g/mol. The summed E-state index contributed by atoms with van der Waals surface area (Å²) in [5.74, 6) is 1.15. The average Bonchev–Trinajstić information content (AvgIpc) is 2.28. The lowest BCUT2D eigenvalue weighted by atomic mass is 10.0. The fourth-order valence-electron chi connectivity index (χ4n) is 1.41. The monoisotopic (exact) mass is 266 g/mol. The molecular formula is C17H30S. The van der Waals surface area contributed by atoms with Gasteiger partial charge in [-0.2, -0.15) is 0 Å². The standard InChI is InChI=1S/C17H30S/c1-7-9-10-11-15(3)12-13-16(8-2)18-14-17(4,5)6/h8,12-13H,3,7,9-11,14H2,1-2,4-6H3/b13-12-,16-8+. The summed E-state index contributed by atoms with van der Waals surface area (Å²) < 4.78 is 0. The Hall–Kier alpha value is -0.430. The molecule has 0 aromatic heterocycles. The van der Waals surface area contributed by atoms with Crippen LogP contribution in [0, 0.1) is 5.41 Å². The quantitative estimate of drug-likeness (QED) is 0.364. The van der Waals surface area contributed by atoms with Crippen LogP contribution in [0.1, 0.15) is 60.3 Å². The molecule has 0 N–H and O–H groups in total. The lowest BCUT2D eigenvalue weighted by Gasteiger charge is -2.17. The minimum atomic E-state index is 0.380. The molecule has 0 radical (unpaired) electrons. The van der Waals surface area contributed by atoms with E-state index in [1.54, 1.807) is 0 Å². The predicted molar refractivity (Wildman–Crippen MR) is 88.1 cm³/mol. The van der Waals surface area contributed by atoms with Crippen molar-refractivity contribution in [3.05, 3.63) is 35.3 Å².